The minimum absolute atomic E-state index is 0.00189. The third-order valence-corrected chi connectivity index (χ3v) is 4.06. The predicted molar refractivity (Wildman–Crippen MR) is 84.4 cm³/mol. The van der Waals surface area contributed by atoms with E-state index in [-0.39, 0.29) is 23.2 Å². The Kier molecular flexibility index (Phi) is 4.78. The molecule has 0 spiro atoms. The number of hydrogen-bond acceptors (Lipinski definition) is 4. The zero-order valence-corrected chi connectivity index (χ0v) is 13.2. The molecule has 1 aliphatic carbocycles. The largest absolute Gasteiger partial charge is 0.487 e. The Hall–Kier alpha value is -2.44. The topological polar surface area (TPSA) is 53.4 Å². The van der Waals surface area contributed by atoms with E-state index in [1.165, 1.54) is 16.8 Å². The van der Waals surface area contributed by atoms with Crippen LogP contribution in [0.15, 0.2) is 35.3 Å². The Bertz CT molecular complexity index is 771. The maximum Gasteiger partial charge on any atom is 0.387 e. The van der Waals surface area contributed by atoms with Crippen LogP contribution in [0.3, 0.4) is 0 Å². The maximum atomic E-state index is 12.6. The van der Waals surface area contributed by atoms with Crippen molar-refractivity contribution in [1.82, 2.24) is 9.78 Å². The summed E-state index contributed by atoms with van der Waals surface area (Å²) in [6.07, 6.45) is 5.46. The Labute approximate surface area is 137 Å². The van der Waals surface area contributed by atoms with Crippen LogP contribution in [0.25, 0.3) is 11.1 Å². The van der Waals surface area contributed by atoms with Crippen molar-refractivity contribution in [1.29, 1.82) is 0 Å². The summed E-state index contributed by atoms with van der Waals surface area (Å²) in [5.74, 6) is 0.262. The fourth-order valence-electron chi connectivity index (χ4n) is 2.79. The van der Waals surface area contributed by atoms with E-state index >= 15 is 0 Å². The molecule has 5 nitrogen and oxygen atoms in total. The molecule has 0 N–H and O–H groups in total. The number of alkyl halides is 2. The molecule has 0 unspecified atom stereocenters. The predicted octanol–water partition coefficient (Wildman–Crippen LogP) is 3.37. The van der Waals surface area contributed by atoms with Gasteiger partial charge in [-0.3, -0.25) is 4.79 Å². The molecule has 1 saturated carbocycles. The molecule has 0 radical (unpaired) electrons. The van der Waals surface area contributed by atoms with Crippen LogP contribution >= 0.6 is 0 Å². The van der Waals surface area contributed by atoms with Crippen LogP contribution < -0.4 is 15.0 Å². The first kappa shape index (κ1) is 16.4. The molecular weight excluding hydrogens is 318 g/mol. The fraction of sp³-hybridized carbons (Fsp3) is 0.412. The summed E-state index contributed by atoms with van der Waals surface area (Å²) in [7, 11) is 1.56. The van der Waals surface area contributed by atoms with Gasteiger partial charge in [-0.1, -0.05) is 6.07 Å². The summed E-state index contributed by atoms with van der Waals surface area (Å²) < 4.78 is 36.8. The summed E-state index contributed by atoms with van der Waals surface area (Å²) in [4.78, 5) is 11.7. The minimum Gasteiger partial charge on any atom is -0.487 e. The van der Waals surface area contributed by atoms with Gasteiger partial charge in [0.25, 0.3) is 5.56 Å². The van der Waals surface area contributed by atoms with E-state index in [1.807, 2.05) is 0 Å². The molecule has 1 aliphatic rings. The van der Waals surface area contributed by atoms with Crippen molar-refractivity contribution in [2.45, 2.75) is 38.4 Å². The van der Waals surface area contributed by atoms with Crippen molar-refractivity contribution in [3.8, 4) is 22.6 Å². The van der Waals surface area contributed by atoms with Gasteiger partial charge in [0.1, 0.15) is 0 Å². The first-order chi connectivity index (χ1) is 11.5. The lowest BCUT2D eigenvalue weighted by atomic mass is 10.1. The number of aromatic nitrogens is 2. The molecule has 1 fully saturated rings. The lowest BCUT2D eigenvalue weighted by Gasteiger charge is -2.17. The molecule has 0 aliphatic heterocycles. The highest BCUT2D eigenvalue weighted by Crippen LogP contribution is 2.36. The van der Waals surface area contributed by atoms with Crippen molar-refractivity contribution in [2.75, 3.05) is 0 Å². The smallest absolute Gasteiger partial charge is 0.387 e. The monoisotopic (exact) mass is 336 g/mol. The van der Waals surface area contributed by atoms with Crippen molar-refractivity contribution < 1.29 is 18.3 Å². The lowest BCUT2D eigenvalue weighted by molar-refractivity contribution is -0.0520. The van der Waals surface area contributed by atoms with Gasteiger partial charge < -0.3 is 9.47 Å². The van der Waals surface area contributed by atoms with E-state index in [0.717, 1.165) is 25.7 Å². The Morgan fingerprint density at radius 2 is 1.92 bits per heavy atom. The van der Waals surface area contributed by atoms with Crippen molar-refractivity contribution in [2.24, 2.45) is 7.05 Å². The minimum atomic E-state index is -2.92. The van der Waals surface area contributed by atoms with Gasteiger partial charge in [0, 0.05) is 18.7 Å². The van der Waals surface area contributed by atoms with Gasteiger partial charge in [-0.2, -0.15) is 13.9 Å². The summed E-state index contributed by atoms with van der Waals surface area (Å²) in [6, 6.07) is 6.10. The number of nitrogens with zero attached hydrogens (tertiary/aromatic N) is 2. The summed E-state index contributed by atoms with van der Waals surface area (Å²) >= 11 is 0. The highest BCUT2D eigenvalue weighted by molar-refractivity contribution is 5.66. The van der Waals surface area contributed by atoms with E-state index in [0.29, 0.717) is 11.1 Å². The first-order valence-electron chi connectivity index (χ1n) is 7.82. The molecule has 7 heteroatoms. The number of aryl methyl sites for hydroxylation is 1. The molecule has 3 rings (SSSR count). The second-order valence-electron chi connectivity index (χ2n) is 5.77. The van der Waals surface area contributed by atoms with Gasteiger partial charge in [0.2, 0.25) is 0 Å². The Balaban J connectivity index is 1.95. The van der Waals surface area contributed by atoms with Gasteiger partial charge >= 0.3 is 6.61 Å². The standard InChI is InChI=1S/C17H18F2N2O3/c1-21-16(22)9-12(10-20-21)11-6-7-14(24-17(18)19)15(8-11)23-13-4-2-3-5-13/h6-10,13,17H,2-5H2,1H3. The molecule has 24 heavy (non-hydrogen) atoms. The molecule has 128 valence electrons. The average Bonchev–Trinajstić information content (AvgIpc) is 3.04. The van der Waals surface area contributed by atoms with Gasteiger partial charge in [-0.05, 0) is 43.4 Å². The summed E-state index contributed by atoms with van der Waals surface area (Å²) in [6.45, 7) is -2.92. The highest BCUT2D eigenvalue weighted by Gasteiger charge is 2.20. The van der Waals surface area contributed by atoms with Crippen LogP contribution in [-0.4, -0.2) is 22.5 Å². The molecule has 2 aromatic rings. The molecule has 0 amide bonds. The maximum absolute atomic E-state index is 12.6. The van der Waals surface area contributed by atoms with Gasteiger partial charge in [-0.15, -0.1) is 0 Å². The number of hydrogen-bond donors (Lipinski definition) is 0. The quantitative estimate of drug-likeness (QED) is 0.840. The molecule has 0 saturated heterocycles. The summed E-state index contributed by atoms with van der Waals surface area (Å²) in [5, 5.41) is 3.97. The number of rotatable bonds is 5. The third-order valence-electron chi connectivity index (χ3n) is 4.06. The number of halogens is 2. The van der Waals surface area contributed by atoms with E-state index in [9.17, 15) is 13.6 Å². The SMILES string of the molecule is Cn1ncc(-c2ccc(OC(F)F)c(OC3CCCC3)c2)cc1=O. The van der Waals surface area contributed by atoms with Crippen LogP contribution in [0.5, 0.6) is 11.5 Å². The third kappa shape index (κ3) is 3.72. The van der Waals surface area contributed by atoms with Gasteiger partial charge in [0.05, 0.1) is 12.3 Å². The molecule has 1 aromatic carbocycles. The second kappa shape index (κ2) is 6.98. The molecule has 0 atom stereocenters. The Morgan fingerprint density at radius 1 is 1.17 bits per heavy atom. The van der Waals surface area contributed by atoms with Gasteiger partial charge in [0.15, 0.2) is 11.5 Å². The first-order valence-corrected chi connectivity index (χ1v) is 7.82. The van der Waals surface area contributed by atoms with Crippen molar-refractivity contribution in [3.63, 3.8) is 0 Å². The lowest BCUT2D eigenvalue weighted by Crippen LogP contribution is -2.18. The normalized spacial score (nSPS) is 15.0. The van der Waals surface area contributed by atoms with Crippen LogP contribution in [0.4, 0.5) is 8.78 Å². The van der Waals surface area contributed by atoms with E-state index in [2.05, 4.69) is 9.84 Å². The highest BCUT2D eigenvalue weighted by atomic mass is 19.3. The molecule has 0 bridgehead atoms. The van der Waals surface area contributed by atoms with Crippen molar-refractivity contribution in [3.05, 3.63) is 40.8 Å². The number of benzene rings is 1. The molecule has 1 aromatic heterocycles. The fourth-order valence-corrected chi connectivity index (χ4v) is 2.79. The van der Waals surface area contributed by atoms with Crippen LogP contribution in [0.1, 0.15) is 25.7 Å². The van der Waals surface area contributed by atoms with E-state index < -0.39 is 6.61 Å². The van der Waals surface area contributed by atoms with Crippen LogP contribution in [0, 0.1) is 0 Å². The number of ether oxygens (including phenoxy) is 2. The van der Waals surface area contributed by atoms with Crippen LogP contribution in [0.2, 0.25) is 0 Å². The average molecular weight is 336 g/mol. The van der Waals surface area contributed by atoms with Crippen LogP contribution in [-0.2, 0) is 7.05 Å². The zero-order chi connectivity index (χ0) is 17.1. The van der Waals surface area contributed by atoms with Gasteiger partial charge in [-0.25, -0.2) is 4.68 Å². The molecular formula is C17H18F2N2O3. The van der Waals surface area contributed by atoms with E-state index in [1.54, 1.807) is 25.4 Å². The van der Waals surface area contributed by atoms with E-state index in [4.69, 9.17) is 4.74 Å². The zero-order valence-electron chi connectivity index (χ0n) is 13.2. The Morgan fingerprint density at radius 3 is 2.58 bits per heavy atom. The molecule has 1 heterocycles. The second-order valence-corrected chi connectivity index (χ2v) is 5.77. The van der Waals surface area contributed by atoms with Crippen molar-refractivity contribution >= 4 is 0 Å². The summed E-state index contributed by atoms with van der Waals surface area (Å²) in [5.41, 5.74) is 1.01.